The van der Waals surface area contributed by atoms with Gasteiger partial charge in [-0.3, -0.25) is 14.4 Å². The number of fused-ring (bicyclic) bond motifs is 3. The molecule has 4 heterocycles. The summed E-state index contributed by atoms with van der Waals surface area (Å²) in [4.78, 5) is 58.0. The van der Waals surface area contributed by atoms with Gasteiger partial charge in [-0.25, -0.2) is 9.97 Å². The van der Waals surface area contributed by atoms with E-state index in [4.69, 9.17) is 16.5 Å². The Bertz CT molecular complexity index is 1750. The summed E-state index contributed by atoms with van der Waals surface area (Å²) < 4.78 is 0.678. The summed E-state index contributed by atoms with van der Waals surface area (Å²) in [6.45, 7) is 1.38. The first-order valence-corrected chi connectivity index (χ1v) is 18.7. The normalized spacial score (nSPS) is 19.9. The van der Waals surface area contributed by atoms with E-state index in [1.807, 2.05) is 54.7 Å². The highest BCUT2D eigenvalue weighted by molar-refractivity contribution is 9.10. The summed E-state index contributed by atoms with van der Waals surface area (Å²) in [7, 11) is 1.71. The van der Waals surface area contributed by atoms with Gasteiger partial charge in [0, 0.05) is 67.0 Å². The number of aromatic nitrogens is 3. The molecule has 0 bridgehead atoms. The van der Waals surface area contributed by atoms with Gasteiger partial charge < -0.3 is 26.7 Å². The number of H-pyrrole nitrogens is 1. The van der Waals surface area contributed by atoms with Crippen LogP contribution in [0.1, 0.15) is 61.8 Å². The number of hydrogen-bond donors (Lipinski definition) is 4. The highest BCUT2D eigenvalue weighted by atomic mass is 79.9. The molecule has 1 aromatic carbocycles. The molecule has 0 saturated carbocycles. The van der Waals surface area contributed by atoms with Crippen molar-refractivity contribution in [1.82, 2.24) is 25.2 Å². The summed E-state index contributed by atoms with van der Waals surface area (Å²) in [5, 5.41) is 5.29. The lowest BCUT2D eigenvalue weighted by molar-refractivity contribution is -0.143. The number of nitrogens with two attached hydrogens (primary N) is 2. The second kappa shape index (κ2) is 18.0. The van der Waals surface area contributed by atoms with Crippen LogP contribution in [0.5, 0.6) is 0 Å². The molecule has 4 aromatic rings. The minimum Gasteiger partial charge on any atom is -0.361 e. The maximum absolute atomic E-state index is 14.4. The molecule has 49 heavy (non-hydrogen) atoms. The fraction of sp³-hybridized carbons (Fsp3) is 0.432. The lowest BCUT2D eigenvalue weighted by Crippen LogP contribution is -2.47. The Morgan fingerprint density at radius 1 is 0.959 bits per heavy atom. The minimum absolute atomic E-state index is 0.0331. The van der Waals surface area contributed by atoms with E-state index < -0.39 is 18.0 Å². The van der Waals surface area contributed by atoms with Gasteiger partial charge >= 0.3 is 0 Å². The third-order valence-electron chi connectivity index (χ3n) is 9.27. The lowest BCUT2D eigenvalue weighted by Gasteiger charge is -2.31. The van der Waals surface area contributed by atoms with Crippen molar-refractivity contribution in [1.29, 1.82) is 0 Å². The molecule has 1 aliphatic rings. The molecule has 6 N–H and O–H groups in total. The Kier molecular flexibility index (Phi) is 13.5. The van der Waals surface area contributed by atoms with Crippen LogP contribution in [0.2, 0.25) is 0 Å². The third-order valence-corrected chi connectivity index (χ3v) is 10.9. The predicted molar refractivity (Wildman–Crippen MR) is 197 cm³/mol. The Hall–Kier alpha value is -3.42. The van der Waals surface area contributed by atoms with Crippen LogP contribution < -0.4 is 16.8 Å². The Morgan fingerprint density at radius 2 is 1.78 bits per heavy atom. The first-order valence-electron chi connectivity index (χ1n) is 17.1. The van der Waals surface area contributed by atoms with Crippen molar-refractivity contribution < 1.29 is 14.4 Å². The molecule has 1 amide bonds. The number of hydrogen-bond acceptors (Lipinski definition) is 9. The van der Waals surface area contributed by atoms with E-state index in [1.54, 1.807) is 18.1 Å². The van der Waals surface area contributed by atoms with E-state index in [2.05, 4.69) is 31.2 Å². The van der Waals surface area contributed by atoms with Gasteiger partial charge in [0.2, 0.25) is 5.91 Å². The lowest BCUT2D eigenvalue weighted by atomic mass is 9.89. The van der Waals surface area contributed by atoms with Crippen LogP contribution in [0.3, 0.4) is 0 Å². The molecule has 3 aromatic heterocycles. The molecule has 0 fully saturated rings. The second-order valence-corrected chi connectivity index (χ2v) is 14.5. The number of aromatic amines is 1. The van der Waals surface area contributed by atoms with Crippen LogP contribution in [0.15, 0.2) is 75.4 Å². The zero-order chi connectivity index (χ0) is 34.8. The highest BCUT2D eigenvalue weighted by Gasteiger charge is 2.34. The van der Waals surface area contributed by atoms with Crippen molar-refractivity contribution in [3.05, 3.63) is 82.3 Å². The van der Waals surface area contributed by atoms with Crippen molar-refractivity contribution >= 4 is 56.1 Å². The third kappa shape index (κ3) is 9.64. The van der Waals surface area contributed by atoms with E-state index in [0.29, 0.717) is 62.8 Å². The van der Waals surface area contributed by atoms with Gasteiger partial charge in [0.1, 0.15) is 9.63 Å². The Morgan fingerprint density at radius 3 is 2.59 bits per heavy atom. The van der Waals surface area contributed by atoms with Gasteiger partial charge in [0.15, 0.2) is 11.6 Å². The largest absolute Gasteiger partial charge is 0.361 e. The molecule has 12 heteroatoms. The number of likely N-dealkylation sites (N-methyl/N-ethyl adjacent to an activating group) is 1. The SMILES string of the molecule is CN1C(=O)[C@H](CCCCN)CC(=O)[C@H](CCCN)NCc2cccnc2Sc2ccc(Br)nc2CCC(=O)[C@@H]1Cc1c[nH]c2ccccc12. The summed E-state index contributed by atoms with van der Waals surface area (Å²) in [6.07, 6.45) is 7.87. The van der Waals surface area contributed by atoms with Crippen molar-refractivity contribution in [2.45, 2.75) is 86.3 Å². The van der Waals surface area contributed by atoms with Gasteiger partial charge in [-0.1, -0.05) is 42.4 Å². The molecule has 260 valence electrons. The number of carbonyl (C=O) groups is 3. The van der Waals surface area contributed by atoms with Gasteiger partial charge in [-0.2, -0.15) is 0 Å². The summed E-state index contributed by atoms with van der Waals surface area (Å²) in [5.74, 6) is -0.870. The number of benzene rings is 1. The van der Waals surface area contributed by atoms with Crippen molar-refractivity contribution in [3.63, 3.8) is 0 Å². The molecule has 0 aliphatic carbocycles. The summed E-state index contributed by atoms with van der Waals surface area (Å²) in [6, 6.07) is 14.5. The number of nitrogens with zero attached hydrogens (tertiary/aromatic N) is 3. The van der Waals surface area contributed by atoms with Crippen molar-refractivity contribution in [3.8, 4) is 0 Å². The number of ketones is 2. The van der Waals surface area contributed by atoms with Crippen LogP contribution >= 0.6 is 27.7 Å². The maximum atomic E-state index is 14.4. The molecule has 10 nitrogen and oxygen atoms in total. The summed E-state index contributed by atoms with van der Waals surface area (Å²) in [5.41, 5.74) is 15.3. The molecule has 3 atom stereocenters. The Labute approximate surface area is 300 Å². The average molecular weight is 749 g/mol. The number of amides is 1. The van der Waals surface area contributed by atoms with Crippen LogP contribution in [0.25, 0.3) is 10.9 Å². The van der Waals surface area contributed by atoms with Crippen LogP contribution in [-0.4, -0.2) is 69.5 Å². The smallest absolute Gasteiger partial charge is 0.226 e. The van der Waals surface area contributed by atoms with E-state index in [-0.39, 0.29) is 30.3 Å². The first-order chi connectivity index (χ1) is 23.8. The number of Topliss-reactive ketones (excluding diaryl/α,β-unsaturated/α-hetero) is 2. The van der Waals surface area contributed by atoms with E-state index in [9.17, 15) is 14.4 Å². The van der Waals surface area contributed by atoms with Crippen LogP contribution in [0.4, 0.5) is 0 Å². The molecule has 5 rings (SSSR count). The topological polar surface area (TPSA) is 160 Å². The van der Waals surface area contributed by atoms with Crippen LogP contribution in [0, 0.1) is 5.92 Å². The van der Waals surface area contributed by atoms with E-state index >= 15 is 0 Å². The van der Waals surface area contributed by atoms with Gasteiger partial charge in [-0.05, 0) is 96.5 Å². The van der Waals surface area contributed by atoms with Gasteiger partial charge in [0.25, 0.3) is 0 Å². The molecule has 0 saturated heterocycles. The standard InChI is InChI=1S/C37H46BrN7O3S/c1-45-31(20-26-23-42-28-11-3-2-10-27(26)28)32(46)14-13-30-34(15-16-35(38)44-30)49-36-25(9-7-19-41-36)22-43-29(12-6-18-40)33(47)21-24(37(45)48)8-4-5-17-39/h2-3,7,9-11,15-16,19,23-24,29,31,42-43H,4-6,8,12-14,17-18,20-22,39-40H2,1H3/t24-,29+,31+/m1/s1. The molecule has 0 radical (unpaired) electrons. The fourth-order valence-corrected chi connectivity index (χ4v) is 7.82. The number of para-hydroxylation sites is 1. The van der Waals surface area contributed by atoms with Gasteiger partial charge in [0.05, 0.1) is 17.8 Å². The average Bonchev–Trinajstić information content (AvgIpc) is 3.52. The molecular weight excluding hydrogens is 702 g/mol. The number of nitrogens with one attached hydrogen (secondary N) is 2. The monoisotopic (exact) mass is 747 g/mol. The number of pyridine rings is 2. The highest BCUT2D eigenvalue weighted by Crippen LogP contribution is 2.33. The number of carbonyl (C=O) groups excluding carboxylic acids is 3. The Balaban J connectivity index is 1.55. The molecule has 1 aliphatic heterocycles. The van der Waals surface area contributed by atoms with E-state index in [1.165, 1.54) is 11.8 Å². The fourth-order valence-electron chi connectivity index (χ4n) is 6.48. The van der Waals surface area contributed by atoms with E-state index in [0.717, 1.165) is 44.1 Å². The van der Waals surface area contributed by atoms with Crippen molar-refractivity contribution in [2.24, 2.45) is 17.4 Å². The van der Waals surface area contributed by atoms with Crippen LogP contribution in [-0.2, 0) is 33.8 Å². The number of rotatable bonds is 9. The zero-order valence-corrected chi connectivity index (χ0v) is 30.4. The summed E-state index contributed by atoms with van der Waals surface area (Å²) >= 11 is 5.02. The number of unbranched alkanes of at least 4 members (excludes halogenated alkanes) is 1. The quantitative estimate of drug-likeness (QED) is 0.131. The van der Waals surface area contributed by atoms with Gasteiger partial charge in [-0.15, -0.1) is 0 Å². The minimum atomic E-state index is -0.730. The number of halogens is 1. The van der Waals surface area contributed by atoms with Crippen molar-refractivity contribution in [2.75, 3.05) is 20.1 Å². The first kappa shape index (κ1) is 36.9. The zero-order valence-electron chi connectivity index (χ0n) is 28.0. The predicted octanol–water partition coefficient (Wildman–Crippen LogP) is 5.36. The molecular formula is C37H46BrN7O3S. The second-order valence-electron chi connectivity index (χ2n) is 12.7. The molecule has 0 unspecified atom stereocenters. The number of aryl methyl sites for hydroxylation is 1. The molecule has 0 spiro atoms. The maximum Gasteiger partial charge on any atom is 0.226 e.